The van der Waals surface area contributed by atoms with Crippen molar-refractivity contribution in [3.8, 4) is 0 Å². The highest BCUT2D eigenvalue weighted by molar-refractivity contribution is 4.51. The van der Waals surface area contributed by atoms with E-state index in [0.717, 1.165) is 19.7 Å². The first kappa shape index (κ1) is 8.92. The van der Waals surface area contributed by atoms with Crippen molar-refractivity contribution in [2.24, 2.45) is 0 Å². The van der Waals surface area contributed by atoms with Crippen LogP contribution in [0, 0.1) is 0 Å². The van der Waals surface area contributed by atoms with Gasteiger partial charge in [0.15, 0.2) is 0 Å². The number of likely N-dealkylation sites (N-methyl/N-ethyl adjacent to an activating group) is 1. The molecule has 1 unspecified atom stereocenters. The van der Waals surface area contributed by atoms with Crippen LogP contribution in [0.4, 0.5) is 0 Å². The molecule has 0 aromatic carbocycles. The molecule has 0 aliphatic carbocycles. The highest BCUT2D eigenvalue weighted by atomic mass is 16.5. The predicted octanol–water partition coefficient (Wildman–Crippen LogP) is 1.02. The lowest BCUT2D eigenvalue weighted by Crippen LogP contribution is -2.26. The summed E-state index contributed by atoms with van der Waals surface area (Å²) in [7, 11) is 0. The Balaban J connectivity index is 2.95. The molecule has 2 heteroatoms. The molecule has 1 atom stereocenters. The molecule has 0 heterocycles. The van der Waals surface area contributed by atoms with Crippen molar-refractivity contribution in [1.82, 2.24) is 5.32 Å². The van der Waals surface area contributed by atoms with Crippen LogP contribution in [-0.4, -0.2) is 25.8 Å². The fourth-order valence-corrected chi connectivity index (χ4v) is 0.691. The second kappa shape index (κ2) is 6.05. The van der Waals surface area contributed by atoms with Crippen molar-refractivity contribution in [2.75, 3.05) is 19.7 Å². The first-order valence-electron chi connectivity index (χ1n) is 3.63. The third kappa shape index (κ3) is 5.80. The fraction of sp³-hybridized carbons (Fsp3) is 1.00. The molecule has 1 N–H and O–H groups in total. The maximum atomic E-state index is 5.28. The minimum Gasteiger partial charge on any atom is -0.377 e. The summed E-state index contributed by atoms with van der Waals surface area (Å²) in [6.07, 6.45) is 0.356. The van der Waals surface area contributed by atoms with Gasteiger partial charge in [0.25, 0.3) is 0 Å². The Morgan fingerprint density at radius 3 is 2.56 bits per heavy atom. The molecule has 0 saturated heterocycles. The number of hydrogen-bond acceptors (Lipinski definition) is 2. The van der Waals surface area contributed by atoms with Crippen LogP contribution in [0.5, 0.6) is 0 Å². The molecule has 0 saturated carbocycles. The van der Waals surface area contributed by atoms with Crippen LogP contribution in [0.25, 0.3) is 0 Å². The van der Waals surface area contributed by atoms with Crippen LogP contribution < -0.4 is 5.32 Å². The molecule has 0 aliphatic rings. The quantitative estimate of drug-likeness (QED) is 0.601. The molecule has 0 radical (unpaired) electrons. The summed E-state index contributed by atoms with van der Waals surface area (Å²) in [5, 5.41) is 3.21. The van der Waals surface area contributed by atoms with E-state index in [1.165, 1.54) is 0 Å². The zero-order valence-electron chi connectivity index (χ0n) is 6.61. The topological polar surface area (TPSA) is 21.3 Å². The number of hydrogen-bond donors (Lipinski definition) is 1. The second-order valence-corrected chi connectivity index (χ2v) is 2.07. The molecule has 0 bridgehead atoms. The van der Waals surface area contributed by atoms with Crippen molar-refractivity contribution in [2.45, 2.75) is 26.9 Å². The summed E-state index contributed by atoms with van der Waals surface area (Å²) in [5.74, 6) is 0. The summed E-state index contributed by atoms with van der Waals surface area (Å²) >= 11 is 0. The summed E-state index contributed by atoms with van der Waals surface area (Å²) < 4.78 is 5.28. The highest BCUT2D eigenvalue weighted by Gasteiger charge is 1.96. The standard InChI is InChI=1S/C7H17NO/c1-4-8-6-7(3)9-5-2/h7-8H,4-6H2,1-3H3. The van der Waals surface area contributed by atoms with Crippen molar-refractivity contribution in [3.63, 3.8) is 0 Å². The Morgan fingerprint density at radius 1 is 1.44 bits per heavy atom. The van der Waals surface area contributed by atoms with Gasteiger partial charge in [0, 0.05) is 13.2 Å². The van der Waals surface area contributed by atoms with Crippen molar-refractivity contribution in [1.29, 1.82) is 0 Å². The second-order valence-electron chi connectivity index (χ2n) is 2.07. The normalized spacial score (nSPS) is 13.7. The van der Waals surface area contributed by atoms with Crippen LogP contribution in [0.15, 0.2) is 0 Å². The maximum absolute atomic E-state index is 5.28. The van der Waals surface area contributed by atoms with Crippen molar-refractivity contribution < 1.29 is 4.74 Å². The first-order chi connectivity index (χ1) is 4.31. The van der Waals surface area contributed by atoms with E-state index in [2.05, 4.69) is 19.2 Å². The zero-order valence-corrected chi connectivity index (χ0v) is 6.61. The largest absolute Gasteiger partial charge is 0.377 e. The number of nitrogens with one attached hydrogen (secondary N) is 1. The Hall–Kier alpha value is -0.0800. The summed E-state index contributed by atoms with van der Waals surface area (Å²) in [5.41, 5.74) is 0. The molecule has 2 nitrogen and oxygen atoms in total. The van der Waals surface area contributed by atoms with Crippen LogP contribution in [0.2, 0.25) is 0 Å². The van der Waals surface area contributed by atoms with Gasteiger partial charge >= 0.3 is 0 Å². The van der Waals surface area contributed by atoms with E-state index in [-0.39, 0.29) is 0 Å². The van der Waals surface area contributed by atoms with Crippen molar-refractivity contribution in [3.05, 3.63) is 0 Å². The maximum Gasteiger partial charge on any atom is 0.0671 e. The molecule has 0 aromatic rings. The Bertz CT molecular complexity index is 56.9. The van der Waals surface area contributed by atoms with Crippen LogP contribution in [-0.2, 0) is 4.74 Å². The molecule has 0 rings (SSSR count). The van der Waals surface area contributed by atoms with Gasteiger partial charge in [-0.25, -0.2) is 0 Å². The third-order valence-corrected chi connectivity index (χ3v) is 1.13. The number of ether oxygens (including phenoxy) is 1. The summed E-state index contributed by atoms with van der Waals surface area (Å²) in [6.45, 7) is 8.99. The monoisotopic (exact) mass is 131 g/mol. The molecule has 9 heavy (non-hydrogen) atoms. The van der Waals surface area contributed by atoms with E-state index in [9.17, 15) is 0 Å². The summed E-state index contributed by atoms with van der Waals surface area (Å²) in [4.78, 5) is 0. The predicted molar refractivity (Wildman–Crippen MR) is 39.6 cm³/mol. The molecular weight excluding hydrogens is 114 g/mol. The lowest BCUT2D eigenvalue weighted by molar-refractivity contribution is 0.0766. The molecular formula is C7H17NO. The molecule has 56 valence electrons. The van der Waals surface area contributed by atoms with Gasteiger partial charge in [0.1, 0.15) is 0 Å². The Labute approximate surface area is 57.6 Å². The van der Waals surface area contributed by atoms with Gasteiger partial charge in [-0.3, -0.25) is 0 Å². The van der Waals surface area contributed by atoms with Gasteiger partial charge in [-0.15, -0.1) is 0 Å². The van der Waals surface area contributed by atoms with E-state index in [1.54, 1.807) is 0 Å². The van der Waals surface area contributed by atoms with E-state index in [4.69, 9.17) is 4.74 Å². The summed E-state index contributed by atoms with van der Waals surface area (Å²) in [6, 6.07) is 0. The van der Waals surface area contributed by atoms with Crippen LogP contribution in [0.1, 0.15) is 20.8 Å². The van der Waals surface area contributed by atoms with Crippen molar-refractivity contribution >= 4 is 0 Å². The minimum atomic E-state index is 0.356. The smallest absolute Gasteiger partial charge is 0.0671 e. The zero-order chi connectivity index (χ0) is 7.11. The van der Waals surface area contributed by atoms with E-state index >= 15 is 0 Å². The van der Waals surface area contributed by atoms with Gasteiger partial charge in [0.05, 0.1) is 6.10 Å². The molecule has 0 amide bonds. The average molecular weight is 131 g/mol. The van der Waals surface area contributed by atoms with E-state index in [1.807, 2.05) is 6.92 Å². The van der Waals surface area contributed by atoms with Gasteiger partial charge < -0.3 is 10.1 Å². The SMILES string of the molecule is CCNCC(C)OCC. The fourth-order valence-electron chi connectivity index (χ4n) is 0.691. The van der Waals surface area contributed by atoms with Gasteiger partial charge in [-0.1, -0.05) is 6.92 Å². The average Bonchev–Trinajstić information content (AvgIpc) is 1.85. The Kier molecular flexibility index (Phi) is 5.99. The highest BCUT2D eigenvalue weighted by Crippen LogP contribution is 1.85. The van der Waals surface area contributed by atoms with E-state index < -0.39 is 0 Å². The van der Waals surface area contributed by atoms with Crippen LogP contribution >= 0.6 is 0 Å². The minimum absolute atomic E-state index is 0.356. The van der Waals surface area contributed by atoms with Gasteiger partial charge in [-0.2, -0.15) is 0 Å². The first-order valence-corrected chi connectivity index (χ1v) is 3.63. The molecule has 0 fully saturated rings. The molecule has 0 spiro atoms. The number of rotatable bonds is 5. The van der Waals surface area contributed by atoms with Crippen LogP contribution in [0.3, 0.4) is 0 Å². The van der Waals surface area contributed by atoms with Gasteiger partial charge in [-0.05, 0) is 20.4 Å². The molecule has 0 aromatic heterocycles. The van der Waals surface area contributed by atoms with E-state index in [0.29, 0.717) is 6.10 Å². The lowest BCUT2D eigenvalue weighted by Gasteiger charge is -2.10. The molecule has 0 aliphatic heterocycles. The lowest BCUT2D eigenvalue weighted by atomic mass is 10.4. The third-order valence-electron chi connectivity index (χ3n) is 1.13. The Morgan fingerprint density at radius 2 is 2.11 bits per heavy atom. The van der Waals surface area contributed by atoms with Gasteiger partial charge in [0.2, 0.25) is 0 Å².